The molecule has 0 bridgehead atoms. The number of quaternary nitrogens is 1. The van der Waals surface area contributed by atoms with Crippen LogP contribution in [0.3, 0.4) is 0 Å². The molecule has 0 aromatic carbocycles. The summed E-state index contributed by atoms with van der Waals surface area (Å²) >= 11 is 0. The van der Waals surface area contributed by atoms with Crippen LogP contribution in [0.1, 0.15) is 40.0 Å². The van der Waals surface area contributed by atoms with E-state index in [0.717, 1.165) is 19.9 Å². The van der Waals surface area contributed by atoms with Crippen LogP contribution in [0.4, 0.5) is 0 Å². The Kier molecular flexibility index (Phi) is 9.56. The third kappa shape index (κ3) is 8.77. The van der Waals surface area contributed by atoms with E-state index in [2.05, 4.69) is 21.1 Å². The molecule has 0 unspecified atom stereocenters. The lowest BCUT2D eigenvalue weighted by molar-refractivity contribution is -0.368. The lowest BCUT2D eigenvalue weighted by atomic mass is 10.1. The average Bonchev–Trinajstić information content (AvgIpc) is 2.45. The normalized spacial score (nSPS) is 14.3. The second-order valence-electron chi connectivity index (χ2n) is 5.23. The van der Waals surface area contributed by atoms with Crippen molar-refractivity contribution in [2.45, 2.75) is 58.2 Å². The predicted molar refractivity (Wildman–Crippen MR) is 77.4 cm³/mol. The second-order valence-corrected chi connectivity index (χ2v) is 5.23. The van der Waals surface area contributed by atoms with Crippen LogP contribution in [0.15, 0.2) is 0 Å². The Morgan fingerprint density at radius 2 is 1.74 bits per heavy atom. The van der Waals surface area contributed by atoms with Crippen LogP contribution >= 0.6 is 0 Å². The molecule has 0 aliphatic heterocycles. The summed E-state index contributed by atoms with van der Waals surface area (Å²) in [5, 5.41) is 15.4. The van der Waals surface area contributed by atoms with E-state index in [4.69, 9.17) is 0 Å². The highest BCUT2D eigenvalue weighted by molar-refractivity contribution is 5.90. The molecule has 3 atom stereocenters. The highest BCUT2D eigenvalue weighted by Gasteiger charge is 2.25. The Bertz CT molecular complexity index is 440. The largest absolute Gasteiger partial charge is 0.546 e. The number of amides is 2. The van der Waals surface area contributed by atoms with Crippen molar-refractivity contribution in [3.05, 3.63) is 0 Å². The first kappa shape index (κ1) is 20.8. The van der Waals surface area contributed by atoms with Gasteiger partial charge in [-0.05, 0) is 33.1 Å². The average molecular weight is 331 g/mol. The maximum absolute atomic E-state index is 12.1. The lowest BCUT2D eigenvalue weighted by Gasteiger charge is -2.21. The number of unbranched alkanes of at least 4 members (excludes halogenated alkanes) is 1. The van der Waals surface area contributed by atoms with Crippen molar-refractivity contribution >= 4 is 23.8 Å². The van der Waals surface area contributed by atoms with Gasteiger partial charge in [0.1, 0.15) is 18.2 Å². The first-order chi connectivity index (χ1) is 10.7. The van der Waals surface area contributed by atoms with Crippen molar-refractivity contribution in [1.29, 1.82) is 0 Å². The second kappa shape index (κ2) is 10.5. The molecular formula is C14H25N3O6. The molecule has 0 heterocycles. The molecule has 5 N–H and O–H groups in total. The van der Waals surface area contributed by atoms with E-state index in [9.17, 15) is 24.3 Å². The molecule has 0 fully saturated rings. The van der Waals surface area contributed by atoms with E-state index in [1.165, 1.54) is 13.8 Å². The Labute approximate surface area is 134 Å². The third-order valence-electron chi connectivity index (χ3n) is 3.02. The van der Waals surface area contributed by atoms with Gasteiger partial charge in [0.05, 0.1) is 12.5 Å². The van der Waals surface area contributed by atoms with Crippen LogP contribution in [0.5, 0.6) is 0 Å². The molecule has 9 nitrogen and oxygen atoms in total. The Balaban J connectivity index is 4.59. The van der Waals surface area contributed by atoms with Gasteiger partial charge in [-0.15, -0.1) is 0 Å². The highest BCUT2D eigenvalue weighted by Crippen LogP contribution is 2.02. The number of aliphatic carboxylic acids is 1. The molecule has 9 heteroatoms. The zero-order chi connectivity index (χ0) is 18.0. The fourth-order valence-corrected chi connectivity index (χ4v) is 1.74. The summed E-state index contributed by atoms with van der Waals surface area (Å²) in [7, 11) is 0. The lowest BCUT2D eigenvalue weighted by Crippen LogP contribution is -2.52. The number of esters is 1. The monoisotopic (exact) mass is 331 g/mol. The molecule has 132 valence electrons. The maximum Gasteiger partial charge on any atom is 0.328 e. The zero-order valence-electron chi connectivity index (χ0n) is 13.7. The molecule has 0 aromatic rings. The van der Waals surface area contributed by atoms with Crippen LogP contribution < -0.4 is 21.5 Å². The van der Waals surface area contributed by atoms with Gasteiger partial charge in [-0.25, -0.2) is 4.79 Å². The third-order valence-corrected chi connectivity index (χ3v) is 3.02. The minimum Gasteiger partial charge on any atom is -0.546 e. The number of carboxylic acid groups (broad SMARTS) is 1. The smallest absolute Gasteiger partial charge is 0.328 e. The summed E-state index contributed by atoms with van der Waals surface area (Å²) in [5.41, 5.74) is 3.70. The van der Waals surface area contributed by atoms with E-state index in [-0.39, 0.29) is 5.91 Å². The summed E-state index contributed by atoms with van der Waals surface area (Å²) in [6.45, 7) is 4.53. The van der Waals surface area contributed by atoms with Crippen molar-refractivity contribution in [2.75, 3.05) is 6.54 Å². The standard InChI is InChI=1S/C14H25N3O6/c1-8(14(22)23-9(2)13(20)21)16-12(19)11(17-10(3)18)6-4-5-7-15/h8-9,11H,4-7,15H2,1-3H3,(H,16,19)(H,17,18)(H,20,21)/t8-,9-,11+/m1/s1. The molecule has 0 saturated heterocycles. The van der Waals surface area contributed by atoms with Gasteiger partial charge in [-0.3, -0.25) is 9.59 Å². The van der Waals surface area contributed by atoms with Gasteiger partial charge in [0.2, 0.25) is 11.8 Å². The molecule has 0 saturated carbocycles. The summed E-state index contributed by atoms with van der Waals surface area (Å²) in [6, 6.07) is -1.82. The fraction of sp³-hybridized carbons (Fsp3) is 0.714. The van der Waals surface area contributed by atoms with E-state index < -0.39 is 36.0 Å². The molecule has 2 amide bonds. The first-order valence-electron chi connectivity index (χ1n) is 7.47. The number of carbonyl (C=O) groups excluding carboxylic acids is 4. The summed E-state index contributed by atoms with van der Waals surface area (Å²) in [6.07, 6.45) is 0.509. The minimum atomic E-state index is -1.53. The number of hydrogen-bond acceptors (Lipinski definition) is 6. The molecule has 23 heavy (non-hydrogen) atoms. The number of carbonyl (C=O) groups is 4. The topological polar surface area (TPSA) is 152 Å². The fourth-order valence-electron chi connectivity index (χ4n) is 1.74. The molecule has 0 spiro atoms. The summed E-state index contributed by atoms with van der Waals surface area (Å²) in [4.78, 5) is 45.5. The predicted octanol–water partition coefficient (Wildman–Crippen LogP) is -2.91. The summed E-state index contributed by atoms with van der Waals surface area (Å²) < 4.78 is 4.62. The number of ether oxygens (including phenoxy) is 1. The van der Waals surface area contributed by atoms with E-state index in [1.807, 2.05) is 0 Å². The van der Waals surface area contributed by atoms with Gasteiger partial charge in [0, 0.05) is 6.92 Å². The van der Waals surface area contributed by atoms with Gasteiger partial charge in [-0.1, -0.05) is 0 Å². The van der Waals surface area contributed by atoms with Crippen molar-refractivity contribution in [2.24, 2.45) is 0 Å². The Morgan fingerprint density at radius 1 is 1.13 bits per heavy atom. The van der Waals surface area contributed by atoms with Gasteiger partial charge in [0.25, 0.3) is 0 Å². The van der Waals surface area contributed by atoms with Crippen LogP contribution in [0.2, 0.25) is 0 Å². The quantitative estimate of drug-likeness (QED) is 0.288. The van der Waals surface area contributed by atoms with Gasteiger partial charge >= 0.3 is 5.97 Å². The van der Waals surface area contributed by atoms with Crippen LogP contribution in [-0.4, -0.2) is 48.5 Å². The van der Waals surface area contributed by atoms with Crippen LogP contribution in [-0.2, 0) is 23.9 Å². The maximum atomic E-state index is 12.1. The van der Waals surface area contributed by atoms with Crippen molar-refractivity contribution in [3.63, 3.8) is 0 Å². The van der Waals surface area contributed by atoms with E-state index >= 15 is 0 Å². The van der Waals surface area contributed by atoms with Crippen LogP contribution in [0.25, 0.3) is 0 Å². The van der Waals surface area contributed by atoms with E-state index in [1.54, 1.807) is 0 Å². The SMILES string of the molecule is CC(=O)N[C@@H](CCCC[NH3+])C(=O)N[C@H](C)C(=O)O[C@H](C)C(=O)[O-]. The zero-order valence-corrected chi connectivity index (χ0v) is 13.7. The molecule has 0 aromatic heterocycles. The van der Waals surface area contributed by atoms with Gasteiger partial charge in [-0.2, -0.15) is 0 Å². The number of carboxylic acids is 1. The number of nitrogens with one attached hydrogen (secondary N) is 2. The Morgan fingerprint density at radius 3 is 2.22 bits per heavy atom. The minimum absolute atomic E-state index is 0.361. The molecule has 0 aliphatic carbocycles. The van der Waals surface area contributed by atoms with E-state index in [0.29, 0.717) is 12.8 Å². The van der Waals surface area contributed by atoms with Crippen LogP contribution in [0, 0.1) is 0 Å². The van der Waals surface area contributed by atoms with Gasteiger partial charge < -0.3 is 31.0 Å². The van der Waals surface area contributed by atoms with Gasteiger partial charge in [0.15, 0.2) is 0 Å². The first-order valence-corrected chi connectivity index (χ1v) is 7.47. The molecular weight excluding hydrogens is 306 g/mol. The van der Waals surface area contributed by atoms with Crippen molar-refractivity contribution < 1.29 is 34.8 Å². The molecule has 0 radical (unpaired) electrons. The summed E-state index contributed by atoms with van der Waals surface area (Å²) in [5.74, 6) is -3.31. The van der Waals surface area contributed by atoms with Crippen molar-refractivity contribution in [3.8, 4) is 0 Å². The number of hydrogen-bond donors (Lipinski definition) is 3. The highest BCUT2D eigenvalue weighted by atomic mass is 16.6. The molecule has 0 rings (SSSR count). The van der Waals surface area contributed by atoms with Crippen molar-refractivity contribution in [1.82, 2.24) is 10.6 Å². The Hall–Kier alpha value is -2.16. The molecule has 0 aliphatic rings. The number of rotatable bonds is 10.